The van der Waals surface area contributed by atoms with Crippen LogP contribution in [0.1, 0.15) is 24.0 Å². The fourth-order valence-corrected chi connectivity index (χ4v) is 5.29. The van der Waals surface area contributed by atoms with E-state index in [1.807, 2.05) is 24.3 Å². The average molecular weight is 368 g/mol. The van der Waals surface area contributed by atoms with Crippen molar-refractivity contribution in [2.75, 3.05) is 20.8 Å². The molecular formula is C22H24O5. The van der Waals surface area contributed by atoms with Crippen LogP contribution in [0.15, 0.2) is 48.6 Å². The van der Waals surface area contributed by atoms with Crippen molar-refractivity contribution in [1.82, 2.24) is 0 Å². The molecule has 0 aliphatic heterocycles. The Hall–Kier alpha value is -2.24. The monoisotopic (exact) mass is 368 g/mol. The lowest BCUT2D eigenvalue weighted by molar-refractivity contribution is -0.178. The van der Waals surface area contributed by atoms with Crippen LogP contribution in [0.3, 0.4) is 0 Å². The molecule has 0 spiro atoms. The molecule has 4 aliphatic rings. The number of ether oxygens (including phenoxy) is 3. The lowest BCUT2D eigenvalue weighted by Crippen LogP contribution is -2.68. The average Bonchev–Trinajstić information content (AvgIpc) is 3.09. The van der Waals surface area contributed by atoms with Crippen LogP contribution >= 0.6 is 0 Å². The highest BCUT2D eigenvalue weighted by Gasteiger charge is 2.69. The smallest absolute Gasteiger partial charge is 0.330 e. The molecule has 5 rings (SSSR count). The van der Waals surface area contributed by atoms with Crippen molar-refractivity contribution >= 4 is 11.8 Å². The molecule has 4 aliphatic carbocycles. The van der Waals surface area contributed by atoms with Crippen molar-refractivity contribution in [3.63, 3.8) is 0 Å². The molecule has 5 heteroatoms. The molecule has 1 aromatic carbocycles. The van der Waals surface area contributed by atoms with E-state index < -0.39 is 17.2 Å². The van der Waals surface area contributed by atoms with Gasteiger partial charge >= 0.3 is 5.97 Å². The Kier molecular flexibility index (Phi) is 4.32. The first kappa shape index (κ1) is 18.1. The van der Waals surface area contributed by atoms with Crippen molar-refractivity contribution < 1.29 is 23.8 Å². The summed E-state index contributed by atoms with van der Waals surface area (Å²) >= 11 is 0. The van der Waals surface area contributed by atoms with Crippen molar-refractivity contribution in [3.8, 4) is 0 Å². The van der Waals surface area contributed by atoms with Crippen molar-refractivity contribution in [3.05, 3.63) is 59.7 Å². The summed E-state index contributed by atoms with van der Waals surface area (Å²) in [5.74, 6) is -0.691. The first-order valence-electron chi connectivity index (χ1n) is 9.32. The summed E-state index contributed by atoms with van der Waals surface area (Å²) in [7, 11) is 3.09. The second-order valence-electron chi connectivity index (χ2n) is 7.34. The van der Waals surface area contributed by atoms with Gasteiger partial charge in [-0.1, -0.05) is 30.3 Å². The maximum absolute atomic E-state index is 13.7. The molecule has 5 nitrogen and oxygen atoms in total. The molecule has 27 heavy (non-hydrogen) atoms. The number of esters is 1. The number of methoxy groups -OCH3 is 2. The standard InChI is InChI=1S/C22H24O5/c1-4-27-18(23)10-12-21(25-2)17-9-11-22(26-3,20(21)24)19-15-8-6-5-7-14(15)13-16(17)19/h5-12,16-17,19H,4,13H2,1-3H3/b12-10+/t16-,17+,19-,21-,22+/m1/s1. The van der Waals surface area contributed by atoms with E-state index in [1.165, 1.54) is 24.3 Å². The highest BCUT2D eigenvalue weighted by molar-refractivity contribution is 6.03. The third-order valence-electron chi connectivity index (χ3n) is 6.38. The second-order valence-corrected chi connectivity index (χ2v) is 7.34. The number of carbonyl (C=O) groups is 2. The van der Waals surface area contributed by atoms with Gasteiger partial charge in [0.15, 0.2) is 11.2 Å². The largest absolute Gasteiger partial charge is 0.463 e. The van der Waals surface area contributed by atoms with Crippen LogP contribution in [0.5, 0.6) is 0 Å². The van der Waals surface area contributed by atoms with Gasteiger partial charge in [0.1, 0.15) is 0 Å². The van der Waals surface area contributed by atoms with Gasteiger partial charge in [0.05, 0.1) is 6.61 Å². The zero-order chi connectivity index (χ0) is 19.2. The Morgan fingerprint density at radius 3 is 2.74 bits per heavy atom. The zero-order valence-corrected chi connectivity index (χ0v) is 15.8. The first-order chi connectivity index (χ1) is 13.0. The molecule has 1 fully saturated rings. The van der Waals surface area contributed by atoms with Crippen LogP contribution in [0.2, 0.25) is 0 Å². The highest BCUT2D eigenvalue weighted by Crippen LogP contribution is 2.61. The number of carbonyl (C=O) groups excluding carboxylic acids is 2. The zero-order valence-electron chi connectivity index (χ0n) is 15.8. The first-order valence-corrected chi connectivity index (χ1v) is 9.32. The Bertz CT molecular complexity index is 841. The molecule has 1 aromatic rings. The summed E-state index contributed by atoms with van der Waals surface area (Å²) in [5.41, 5.74) is 0.0877. The second kappa shape index (κ2) is 6.43. The minimum absolute atomic E-state index is 0.0412. The summed E-state index contributed by atoms with van der Waals surface area (Å²) in [5, 5.41) is 0. The van der Waals surface area contributed by atoms with Crippen LogP contribution in [0.4, 0.5) is 0 Å². The molecule has 0 aromatic heterocycles. The van der Waals surface area contributed by atoms with E-state index in [0.29, 0.717) is 0 Å². The Morgan fingerprint density at radius 1 is 1.26 bits per heavy atom. The van der Waals surface area contributed by atoms with Crippen LogP contribution in [0.25, 0.3) is 0 Å². The molecule has 0 unspecified atom stereocenters. The number of benzene rings is 1. The van der Waals surface area contributed by atoms with Gasteiger partial charge in [-0.05, 0) is 42.5 Å². The molecule has 5 atom stereocenters. The van der Waals surface area contributed by atoms with Gasteiger partial charge in [0.2, 0.25) is 5.78 Å². The maximum atomic E-state index is 13.7. The lowest BCUT2D eigenvalue weighted by atomic mass is 9.53. The van der Waals surface area contributed by atoms with Crippen LogP contribution in [0, 0.1) is 11.8 Å². The summed E-state index contributed by atoms with van der Waals surface area (Å²) in [6, 6.07) is 8.23. The van der Waals surface area contributed by atoms with Crippen LogP contribution in [-0.2, 0) is 30.2 Å². The Balaban J connectivity index is 1.83. The fraction of sp³-hybridized carbons (Fsp3) is 0.455. The minimum atomic E-state index is -1.24. The fourth-order valence-electron chi connectivity index (χ4n) is 5.29. The van der Waals surface area contributed by atoms with E-state index in [0.717, 1.165) is 6.42 Å². The predicted molar refractivity (Wildman–Crippen MR) is 99.3 cm³/mol. The maximum Gasteiger partial charge on any atom is 0.330 e. The van der Waals surface area contributed by atoms with E-state index in [-0.39, 0.29) is 30.1 Å². The quantitative estimate of drug-likeness (QED) is 0.454. The number of Topliss-reactive ketones (excluding diaryl/α,β-unsaturated/α-hetero) is 1. The van der Waals surface area contributed by atoms with Crippen LogP contribution in [-0.4, -0.2) is 43.8 Å². The number of rotatable bonds is 5. The topological polar surface area (TPSA) is 61.8 Å². The molecule has 2 bridgehead atoms. The van der Waals surface area contributed by atoms with Crippen molar-refractivity contribution in [1.29, 1.82) is 0 Å². The molecule has 0 amide bonds. The SMILES string of the molecule is CCOC(=O)/C=C/[C@]1(OC)C(=O)[C@]2(OC)C=C[C@H]1[C@H]1Cc3ccccc3[C@H]12. The molecule has 0 N–H and O–H groups in total. The molecule has 0 saturated heterocycles. The van der Waals surface area contributed by atoms with Gasteiger partial charge in [-0.25, -0.2) is 4.79 Å². The van der Waals surface area contributed by atoms with E-state index >= 15 is 0 Å². The summed E-state index contributed by atoms with van der Waals surface area (Å²) < 4.78 is 16.7. The lowest BCUT2D eigenvalue weighted by Gasteiger charge is -2.56. The van der Waals surface area contributed by atoms with Gasteiger partial charge in [-0.2, -0.15) is 0 Å². The molecule has 0 radical (unpaired) electrons. The van der Waals surface area contributed by atoms with Crippen LogP contribution < -0.4 is 0 Å². The van der Waals surface area contributed by atoms with E-state index in [2.05, 4.69) is 12.1 Å². The number of fused-ring (bicyclic) bond motifs is 2. The number of ketones is 1. The van der Waals surface area contributed by atoms with Gasteiger partial charge in [-0.15, -0.1) is 0 Å². The van der Waals surface area contributed by atoms with Gasteiger partial charge in [0, 0.05) is 32.1 Å². The molecule has 0 heterocycles. The molecular weight excluding hydrogens is 344 g/mol. The molecule has 142 valence electrons. The van der Waals surface area contributed by atoms with E-state index in [4.69, 9.17) is 14.2 Å². The van der Waals surface area contributed by atoms with E-state index in [1.54, 1.807) is 20.1 Å². The predicted octanol–water partition coefficient (Wildman–Crippen LogP) is 2.60. The highest BCUT2D eigenvalue weighted by atomic mass is 16.5. The van der Waals surface area contributed by atoms with Crippen molar-refractivity contribution in [2.24, 2.45) is 11.8 Å². The van der Waals surface area contributed by atoms with Crippen molar-refractivity contribution in [2.45, 2.75) is 30.5 Å². The summed E-state index contributed by atoms with van der Waals surface area (Å²) in [4.78, 5) is 25.6. The molecule has 1 saturated carbocycles. The van der Waals surface area contributed by atoms with E-state index in [9.17, 15) is 9.59 Å². The normalized spacial score (nSPS) is 36.1. The van der Waals surface area contributed by atoms with Gasteiger partial charge in [0.25, 0.3) is 0 Å². The summed E-state index contributed by atoms with van der Waals surface area (Å²) in [6.45, 7) is 2.02. The Labute approximate surface area is 159 Å². The summed E-state index contributed by atoms with van der Waals surface area (Å²) in [6.07, 6.45) is 7.64. The number of hydrogen-bond acceptors (Lipinski definition) is 5. The Morgan fingerprint density at radius 2 is 2.04 bits per heavy atom. The van der Waals surface area contributed by atoms with Gasteiger partial charge in [-0.3, -0.25) is 4.79 Å². The minimum Gasteiger partial charge on any atom is -0.463 e. The third-order valence-corrected chi connectivity index (χ3v) is 6.38. The third kappa shape index (κ3) is 2.31. The van der Waals surface area contributed by atoms with Gasteiger partial charge < -0.3 is 14.2 Å². The number of hydrogen-bond donors (Lipinski definition) is 0.